The van der Waals surface area contributed by atoms with Gasteiger partial charge in [-0.3, -0.25) is 4.79 Å². The van der Waals surface area contributed by atoms with Crippen molar-refractivity contribution in [2.45, 2.75) is 26.7 Å². The Morgan fingerprint density at radius 1 is 1.33 bits per heavy atom. The summed E-state index contributed by atoms with van der Waals surface area (Å²) < 4.78 is 0. The van der Waals surface area contributed by atoms with E-state index in [1.165, 1.54) is 12.8 Å². The Hall–Kier alpha value is -1.58. The zero-order valence-electron chi connectivity index (χ0n) is 11.7. The number of pyridine rings is 1. The predicted molar refractivity (Wildman–Crippen MR) is 74.8 cm³/mol. The van der Waals surface area contributed by atoms with Gasteiger partial charge in [-0.2, -0.15) is 0 Å². The molecule has 18 heavy (non-hydrogen) atoms. The first kappa shape index (κ1) is 14.5. The molecule has 1 heterocycles. The molecular weight excluding hydrogens is 226 g/mol. The number of hydrogen-bond acceptors (Lipinski definition) is 3. The van der Waals surface area contributed by atoms with E-state index < -0.39 is 0 Å². The Labute approximate surface area is 109 Å². The van der Waals surface area contributed by atoms with Crippen molar-refractivity contribution in [3.63, 3.8) is 0 Å². The van der Waals surface area contributed by atoms with Gasteiger partial charge in [-0.15, -0.1) is 0 Å². The van der Waals surface area contributed by atoms with Gasteiger partial charge in [0, 0.05) is 26.8 Å². The van der Waals surface area contributed by atoms with Crippen LogP contribution in [0.25, 0.3) is 0 Å². The van der Waals surface area contributed by atoms with Crippen molar-refractivity contribution < 1.29 is 4.79 Å². The smallest absolute Gasteiger partial charge is 0.254 e. The summed E-state index contributed by atoms with van der Waals surface area (Å²) in [5.74, 6) is 1.49. The molecule has 0 aliphatic carbocycles. The van der Waals surface area contributed by atoms with Crippen LogP contribution in [0.5, 0.6) is 0 Å². The summed E-state index contributed by atoms with van der Waals surface area (Å²) in [4.78, 5) is 17.5. The summed E-state index contributed by atoms with van der Waals surface area (Å²) in [6.45, 7) is 5.32. The Bertz CT molecular complexity index is 369. The van der Waals surface area contributed by atoms with Crippen LogP contribution in [-0.2, 0) is 0 Å². The average Bonchev–Trinajstić information content (AvgIpc) is 2.39. The predicted octanol–water partition coefficient (Wildman–Crippen LogP) is 2.63. The van der Waals surface area contributed by atoms with Gasteiger partial charge in [-0.1, -0.05) is 26.7 Å². The van der Waals surface area contributed by atoms with Crippen LogP contribution in [0, 0.1) is 5.92 Å². The first-order chi connectivity index (χ1) is 8.58. The zero-order chi connectivity index (χ0) is 13.5. The fourth-order valence-corrected chi connectivity index (χ4v) is 1.71. The maximum absolute atomic E-state index is 11.7. The van der Waals surface area contributed by atoms with Crippen LogP contribution < -0.4 is 5.32 Å². The molecule has 0 saturated carbocycles. The number of carbonyl (C=O) groups is 1. The van der Waals surface area contributed by atoms with Crippen molar-refractivity contribution in [2.75, 3.05) is 26.0 Å². The minimum Gasteiger partial charge on any atom is -0.370 e. The molecule has 0 aliphatic heterocycles. The number of anilines is 1. The van der Waals surface area contributed by atoms with Crippen molar-refractivity contribution in [1.29, 1.82) is 0 Å². The second-order valence-electron chi connectivity index (χ2n) is 4.70. The van der Waals surface area contributed by atoms with Crippen molar-refractivity contribution >= 4 is 11.7 Å². The molecule has 1 aromatic rings. The number of nitrogens with zero attached hydrogens (tertiary/aromatic N) is 2. The molecule has 0 unspecified atom stereocenters. The van der Waals surface area contributed by atoms with Crippen LogP contribution in [0.1, 0.15) is 37.0 Å². The van der Waals surface area contributed by atoms with Gasteiger partial charge in [0.05, 0.1) is 5.56 Å². The lowest BCUT2D eigenvalue weighted by atomic mass is 10.0. The molecule has 1 amide bonds. The summed E-state index contributed by atoms with van der Waals surface area (Å²) in [5.41, 5.74) is 0.619. The average molecular weight is 249 g/mol. The molecule has 0 aliphatic rings. The second-order valence-corrected chi connectivity index (χ2v) is 4.70. The van der Waals surface area contributed by atoms with Crippen molar-refractivity contribution in [1.82, 2.24) is 9.88 Å². The van der Waals surface area contributed by atoms with Crippen LogP contribution >= 0.6 is 0 Å². The highest BCUT2D eigenvalue weighted by molar-refractivity contribution is 5.93. The fourth-order valence-electron chi connectivity index (χ4n) is 1.71. The van der Waals surface area contributed by atoms with E-state index in [2.05, 4.69) is 24.1 Å². The Kier molecular flexibility index (Phi) is 5.62. The first-order valence-corrected chi connectivity index (χ1v) is 6.50. The number of nitrogens with one attached hydrogen (secondary N) is 1. The summed E-state index contributed by atoms with van der Waals surface area (Å²) in [5, 5.41) is 3.31. The topological polar surface area (TPSA) is 45.2 Å². The van der Waals surface area contributed by atoms with Crippen molar-refractivity contribution in [3.8, 4) is 0 Å². The van der Waals surface area contributed by atoms with Crippen LogP contribution in [0.15, 0.2) is 18.3 Å². The number of carbonyl (C=O) groups excluding carboxylic acids is 1. The quantitative estimate of drug-likeness (QED) is 0.843. The third-order valence-corrected chi connectivity index (χ3v) is 3.14. The maximum atomic E-state index is 11.7. The normalized spacial score (nSPS) is 10.5. The molecule has 0 bridgehead atoms. The molecule has 0 spiro atoms. The summed E-state index contributed by atoms with van der Waals surface area (Å²) in [6.07, 6.45) is 3.96. The van der Waals surface area contributed by atoms with Gasteiger partial charge in [0.25, 0.3) is 5.91 Å². The summed E-state index contributed by atoms with van der Waals surface area (Å²) >= 11 is 0. The number of amides is 1. The zero-order valence-corrected chi connectivity index (χ0v) is 11.7. The van der Waals surface area contributed by atoms with E-state index in [1.54, 1.807) is 25.2 Å². The lowest BCUT2D eigenvalue weighted by Gasteiger charge is -2.14. The molecule has 4 heteroatoms. The van der Waals surface area contributed by atoms with E-state index in [4.69, 9.17) is 0 Å². The van der Waals surface area contributed by atoms with Gasteiger partial charge in [-0.25, -0.2) is 4.98 Å². The highest BCUT2D eigenvalue weighted by Crippen LogP contribution is 2.11. The highest BCUT2D eigenvalue weighted by atomic mass is 16.2. The van der Waals surface area contributed by atoms with Crippen molar-refractivity contribution in [3.05, 3.63) is 23.9 Å². The largest absolute Gasteiger partial charge is 0.370 e. The van der Waals surface area contributed by atoms with Crippen LogP contribution in [-0.4, -0.2) is 36.4 Å². The van der Waals surface area contributed by atoms with Crippen LogP contribution in [0.3, 0.4) is 0 Å². The monoisotopic (exact) mass is 249 g/mol. The van der Waals surface area contributed by atoms with Crippen LogP contribution in [0.2, 0.25) is 0 Å². The second kappa shape index (κ2) is 6.99. The van der Waals surface area contributed by atoms with E-state index in [9.17, 15) is 4.79 Å². The Balaban J connectivity index is 2.58. The van der Waals surface area contributed by atoms with Crippen molar-refractivity contribution in [2.24, 2.45) is 5.92 Å². The molecule has 0 radical (unpaired) electrons. The number of rotatable bonds is 6. The molecule has 1 aromatic heterocycles. The molecule has 0 fully saturated rings. The Morgan fingerprint density at radius 3 is 2.44 bits per heavy atom. The minimum atomic E-state index is -0.0194. The molecule has 1 rings (SSSR count). The van der Waals surface area contributed by atoms with Gasteiger partial charge in [0.1, 0.15) is 5.82 Å². The lowest BCUT2D eigenvalue weighted by molar-refractivity contribution is 0.0827. The van der Waals surface area contributed by atoms with Gasteiger partial charge >= 0.3 is 0 Å². The number of hydrogen-bond donors (Lipinski definition) is 1. The lowest BCUT2D eigenvalue weighted by Crippen LogP contribution is -2.22. The molecule has 100 valence electrons. The van der Waals surface area contributed by atoms with E-state index >= 15 is 0 Å². The Morgan fingerprint density at radius 2 is 2.00 bits per heavy atom. The van der Waals surface area contributed by atoms with E-state index in [-0.39, 0.29) is 5.91 Å². The van der Waals surface area contributed by atoms with E-state index in [0.717, 1.165) is 12.4 Å². The molecule has 0 aromatic carbocycles. The summed E-state index contributed by atoms with van der Waals surface area (Å²) in [6, 6.07) is 3.67. The molecule has 0 atom stereocenters. The van der Waals surface area contributed by atoms with Gasteiger partial charge in [0.2, 0.25) is 0 Å². The van der Waals surface area contributed by atoms with Gasteiger partial charge in [0.15, 0.2) is 0 Å². The standard InChI is InChI=1S/C14H23N3O/c1-5-11(6-2)9-15-13-8-7-12(10-16-13)14(18)17(3)4/h7-8,10-11H,5-6,9H2,1-4H3,(H,15,16). The molecule has 0 saturated heterocycles. The minimum absolute atomic E-state index is 0.0194. The van der Waals surface area contributed by atoms with Gasteiger partial charge in [-0.05, 0) is 18.1 Å². The SMILES string of the molecule is CCC(CC)CNc1ccc(C(=O)N(C)C)cn1. The summed E-state index contributed by atoms with van der Waals surface area (Å²) in [7, 11) is 3.48. The number of aromatic nitrogens is 1. The van der Waals surface area contributed by atoms with E-state index in [0.29, 0.717) is 11.5 Å². The molecule has 4 nitrogen and oxygen atoms in total. The maximum Gasteiger partial charge on any atom is 0.254 e. The fraction of sp³-hybridized carbons (Fsp3) is 0.571. The molecule has 1 N–H and O–H groups in total. The van der Waals surface area contributed by atoms with Gasteiger partial charge < -0.3 is 10.2 Å². The molecular formula is C14H23N3O. The third-order valence-electron chi connectivity index (χ3n) is 3.14. The van der Waals surface area contributed by atoms with Crippen LogP contribution in [0.4, 0.5) is 5.82 Å². The first-order valence-electron chi connectivity index (χ1n) is 6.50. The highest BCUT2D eigenvalue weighted by Gasteiger charge is 2.08. The third kappa shape index (κ3) is 4.02. The van der Waals surface area contributed by atoms with E-state index in [1.807, 2.05) is 12.1 Å².